The SMILES string of the molecule is CC(C)C1CC(C)(C)C(C)CC1=O. The molecule has 1 fully saturated rings. The molecule has 0 aromatic heterocycles. The zero-order chi connectivity index (χ0) is 10.2. The Hall–Kier alpha value is -0.330. The van der Waals surface area contributed by atoms with Crippen molar-refractivity contribution in [3.05, 3.63) is 0 Å². The van der Waals surface area contributed by atoms with Crippen LogP contribution in [0.1, 0.15) is 47.5 Å². The maximum Gasteiger partial charge on any atom is 0.136 e. The van der Waals surface area contributed by atoms with Gasteiger partial charge in [0.1, 0.15) is 5.78 Å². The number of carbonyl (C=O) groups excluding carboxylic acids is 1. The molecule has 0 heterocycles. The molecule has 0 aliphatic heterocycles. The molecule has 0 N–H and O–H groups in total. The van der Waals surface area contributed by atoms with E-state index >= 15 is 0 Å². The molecule has 2 unspecified atom stereocenters. The zero-order valence-electron chi connectivity index (χ0n) is 9.55. The van der Waals surface area contributed by atoms with E-state index < -0.39 is 0 Å². The van der Waals surface area contributed by atoms with Crippen molar-refractivity contribution >= 4 is 5.78 Å². The van der Waals surface area contributed by atoms with Gasteiger partial charge in [-0.2, -0.15) is 0 Å². The first-order valence-electron chi connectivity index (χ1n) is 5.37. The van der Waals surface area contributed by atoms with Gasteiger partial charge in [0.15, 0.2) is 0 Å². The molecule has 0 aromatic carbocycles. The first-order valence-corrected chi connectivity index (χ1v) is 5.37. The quantitative estimate of drug-likeness (QED) is 0.608. The van der Waals surface area contributed by atoms with Crippen LogP contribution in [-0.2, 0) is 4.79 Å². The highest BCUT2D eigenvalue weighted by atomic mass is 16.1. The second-order valence-corrected chi connectivity index (χ2v) is 5.61. The molecule has 2 atom stereocenters. The Bertz CT molecular complexity index is 203. The highest BCUT2D eigenvalue weighted by molar-refractivity contribution is 5.82. The van der Waals surface area contributed by atoms with Crippen LogP contribution in [0.15, 0.2) is 0 Å². The number of carbonyl (C=O) groups is 1. The second-order valence-electron chi connectivity index (χ2n) is 5.61. The van der Waals surface area contributed by atoms with Crippen LogP contribution in [0.5, 0.6) is 0 Å². The summed E-state index contributed by atoms with van der Waals surface area (Å²) in [6.07, 6.45) is 1.86. The third-order valence-electron chi connectivity index (χ3n) is 3.81. The highest BCUT2D eigenvalue weighted by Crippen LogP contribution is 2.43. The van der Waals surface area contributed by atoms with E-state index in [2.05, 4.69) is 34.6 Å². The number of ketones is 1. The van der Waals surface area contributed by atoms with Crippen molar-refractivity contribution in [3.63, 3.8) is 0 Å². The van der Waals surface area contributed by atoms with E-state index in [1.165, 1.54) is 0 Å². The molecule has 1 aliphatic carbocycles. The lowest BCUT2D eigenvalue weighted by molar-refractivity contribution is -0.131. The first kappa shape index (κ1) is 10.7. The molecule has 0 aromatic rings. The van der Waals surface area contributed by atoms with Crippen molar-refractivity contribution in [1.82, 2.24) is 0 Å². The average Bonchev–Trinajstić information content (AvgIpc) is 1.97. The number of hydrogen-bond acceptors (Lipinski definition) is 1. The van der Waals surface area contributed by atoms with Crippen LogP contribution in [0.2, 0.25) is 0 Å². The zero-order valence-corrected chi connectivity index (χ0v) is 9.55. The van der Waals surface area contributed by atoms with Gasteiger partial charge in [-0.15, -0.1) is 0 Å². The summed E-state index contributed by atoms with van der Waals surface area (Å²) in [5.74, 6) is 1.86. The first-order chi connectivity index (χ1) is 5.84. The van der Waals surface area contributed by atoms with Crippen LogP contribution in [0.25, 0.3) is 0 Å². The van der Waals surface area contributed by atoms with Gasteiger partial charge in [-0.25, -0.2) is 0 Å². The van der Waals surface area contributed by atoms with Crippen LogP contribution < -0.4 is 0 Å². The van der Waals surface area contributed by atoms with Gasteiger partial charge in [0.2, 0.25) is 0 Å². The average molecular weight is 182 g/mol. The molecule has 13 heavy (non-hydrogen) atoms. The number of Topliss-reactive ketones (excluding diaryl/α,β-unsaturated/α-hetero) is 1. The summed E-state index contributed by atoms with van der Waals surface area (Å²) >= 11 is 0. The molecule has 0 spiro atoms. The molecule has 1 rings (SSSR count). The second kappa shape index (κ2) is 3.43. The van der Waals surface area contributed by atoms with Crippen molar-refractivity contribution in [3.8, 4) is 0 Å². The molecule has 0 radical (unpaired) electrons. The lowest BCUT2D eigenvalue weighted by Crippen LogP contribution is -2.38. The van der Waals surface area contributed by atoms with E-state index in [9.17, 15) is 4.79 Å². The molecular formula is C12H22O. The van der Waals surface area contributed by atoms with E-state index in [4.69, 9.17) is 0 Å². The van der Waals surface area contributed by atoms with Crippen molar-refractivity contribution in [1.29, 1.82) is 0 Å². The van der Waals surface area contributed by atoms with Crippen LogP contribution in [0.3, 0.4) is 0 Å². The maximum atomic E-state index is 11.7. The van der Waals surface area contributed by atoms with Gasteiger partial charge in [0, 0.05) is 12.3 Å². The van der Waals surface area contributed by atoms with Gasteiger partial charge in [-0.05, 0) is 23.7 Å². The Balaban J connectivity index is 2.76. The normalized spacial score (nSPS) is 33.8. The fraction of sp³-hybridized carbons (Fsp3) is 0.917. The van der Waals surface area contributed by atoms with E-state index in [-0.39, 0.29) is 0 Å². The summed E-state index contributed by atoms with van der Waals surface area (Å²) in [5, 5.41) is 0. The lowest BCUT2D eigenvalue weighted by Gasteiger charge is -2.41. The minimum Gasteiger partial charge on any atom is -0.299 e. The Morgan fingerprint density at radius 3 is 2.38 bits per heavy atom. The van der Waals surface area contributed by atoms with Crippen molar-refractivity contribution in [2.24, 2.45) is 23.2 Å². The highest BCUT2D eigenvalue weighted by Gasteiger charge is 2.39. The summed E-state index contributed by atoms with van der Waals surface area (Å²) < 4.78 is 0. The Morgan fingerprint density at radius 1 is 1.38 bits per heavy atom. The molecular weight excluding hydrogens is 160 g/mol. The van der Waals surface area contributed by atoms with E-state index in [0.29, 0.717) is 29.0 Å². The standard InChI is InChI=1S/C12H22O/c1-8(2)10-7-12(4,5)9(3)6-11(10)13/h8-10H,6-7H2,1-5H3. The number of hydrogen-bond donors (Lipinski definition) is 0. The predicted molar refractivity (Wildman–Crippen MR) is 55.5 cm³/mol. The Morgan fingerprint density at radius 2 is 1.92 bits per heavy atom. The van der Waals surface area contributed by atoms with Crippen molar-refractivity contribution in [2.75, 3.05) is 0 Å². The van der Waals surface area contributed by atoms with Gasteiger partial charge in [0.05, 0.1) is 0 Å². The molecule has 1 nitrogen and oxygen atoms in total. The third kappa shape index (κ3) is 2.12. The summed E-state index contributed by atoms with van der Waals surface area (Å²) in [6.45, 7) is 11.1. The monoisotopic (exact) mass is 182 g/mol. The summed E-state index contributed by atoms with van der Waals surface area (Å²) in [5.41, 5.74) is 0.350. The van der Waals surface area contributed by atoms with Gasteiger partial charge in [0.25, 0.3) is 0 Å². The topological polar surface area (TPSA) is 17.1 Å². The molecule has 1 heteroatoms. The van der Waals surface area contributed by atoms with Crippen LogP contribution in [0, 0.1) is 23.2 Å². The molecule has 0 amide bonds. The Labute approximate surface area is 81.9 Å². The van der Waals surface area contributed by atoms with Crippen LogP contribution in [0.4, 0.5) is 0 Å². The fourth-order valence-corrected chi connectivity index (χ4v) is 2.22. The fourth-order valence-electron chi connectivity index (χ4n) is 2.22. The maximum absolute atomic E-state index is 11.7. The third-order valence-corrected chi connectivity index (χ3v) is 3.81. The van der Waals surface area contributed by atoms with Crippen molar-refractivity contribution in [2.45, 2.75) is 47.5 Å². The van der Waals surface area contributed by atoms with Gasteiger partial charge in [-0.3, -0.25) is 4.79 Å². The van der Waals surface area contributed by atoms with E-state index in [1.807, 2.05) is 0 Å². The van der Waals surface area contributed by atoms with E-state index in [0.717, 1.165) is 12.8 Å². The lowest BCUT2D eigenvalue weighted by atomic mass is 9.63. The largest absolute Gasteiger partial charge is 0.299 e. The predicted octanol–water partition coefficient (Wildman–Crippen LogP) is 3.28. The minimum atomic E-state index is 0.311. The minimum absolute atomic E-state index is 0.311. The summed E-state index contributed by atoms with van der Waals surface area (Å²) in [7, 11) is 0. The van der Waals surface area contributed by atoms with Gasteiger partial charge < -0.3 is 0 Å². The smallest absolute Gasteiger partial charge is 0.136 e. The van der Waals surface area contributed by atoms with E-state index in [1.54, 1.807) is 0 Å². The van der Waals surface area contributed by atoms with Gasteiger partial charge in [-0.1, -0.05) is 34.6 Å². The molecule has 0 bridgehead atoms. The molecule has 1 aliphatic rings. The summed E-state index contributed by atoms with van der Waals surface area (Å²) in [4.78, 5) is 11.7. The molecule has 0 saturated heterocycles. The van der Waals surface area contributed by atoms with Crippen LogP contribution in [-0.4, -0.2) is 5.78 Å². The number of rotatable bonds is 1. The van der Waals surface area contributed by atoms with Gasteiger partial charge >= 0.3 is 0 Å². The summed E-state index contributed by atoms with van der Waals surface area (Å²) in [6, 6.07) is 0. The van der Waals surface area contributed by atoms with Crippen molar-refractivity contribution < 1.29 is 4.79 Å². The molecule has 76 valence electrons. The molecule has 1 saturated carbocycles. The van der Waals surface area contributed by atoms with Crippen LogP contribution >= 0.6 is 0 Å². The Kier molecular flexibility index (Phi) is 2.84.